The summed E-state index contributed by atoms with van der Waals surface area (Å²) in [6.07, 6.45) is 9.24. The van der Waals surface area contributed by atoms with Gasteiger partial charge < -0.3 is 40.6 Å². The molecule has 0 amide bonds. The lowest BCUT2D eigenvalue weighted by molar-refractivity contribution is -0.234. The molecule has 0 saturated heterocycles. The van der Waals surface area contributed by atoms with Gasteiger partial charge >= 0.3 is 11.9 Å². The van der Waals surface area contributed by atoms with Crippen LogP contribution in [0.1, 0.15) is 80.0 Å². The molecule has 0 aliphatic carbocycles. The van der Waals surface area contributed by atoms with Gasteiger partial charge in [-0.2, -0.15) is 0 Å². The molecule has 0 fully saturated rings. The second kappa shape index (κ2) is 24.1. The van der Waals surface area contributed by atoms with E-state index in [1.54, 1.807) is 72.8 Å². The number of ketones is 2. The zero-order chi connectivity index (χ0) is 44.1. The second-order valence-corrected chi connectivity index (χ2v) is 15.1. The summed E-state index contributed by atoms with van der Waals surface area (Å²) in [5, 5.41) is 24.2. The van der Waals surface area contributed by atoms with Crippen molar-refractivity contribution < 1.29 is 48.3 Å². The molecule has 4 aromatic rings. The Balaban J connectivity index is 1.39. The van der Waals surface area contributed by atoms with E-state index in [1.807, 2.05) is 36.4 Å². The van der Waals surface area contributed by atoms with Gasteiger partial charge in [-0.1, -0.05) is 48.5 Å². The maximum absolute atomic E-state index is 14.0. The lowest BCUT2D eigenvalue weighted by atomic mass is 9.65. The molecular weight excluding hydrogens is 777 g/mol. The Hall–Kier alpha value is -6.24. The number of aliphatic hydroxyl groups is 2. The number of Topliss-reactive ketones (excluding diaryl/α,β-unsaturated/α-hetero) is 2. The fourth-order valence-electron chi connectivity index (χ4n) is 7.04. The average Bonchev–Trinajstić information content (AvgIpc) is 3.24. The number of nitrogens with two attached hydrogens (primary N) is 2. The Morgan fingerprint density at radius 1 is 0.590 bits per heavy atom. The fourth-order valence-corrected chi connectivity index (χ4v) is 7.04. The number of methoxy groups -OCH3 is 2. The topological polar surface area (TPSA) is 198 Å². The molecular formula is C49H58N2O10. The van der Waals surface area contributed by atoms with E-state index in [9.17, 15) is 29.4 Å². The Labute approximate surface area is 358 Å². The molecule has 12 nitrogen and oxygen atoms in total. The van der Waals surface area contributed by atoms with E-state index in [-0.39, 0.29) is 37.9 Å². The highest BCUT2D eigenvalue weighted by Gasteiger charge is 2.54. The maximum atomic E-state index is 14.0. The normalized spacial score (nSPS) is 11.7. The van der Waals surface area contributed by atoms with Gasteiger partial charge in [0.1, 0.15) is 17.3 Å². The van der Waals surface area contributed by atoms with Crippen LogP contribution in [0, 0.1) is 5.41 Å². The Morgan fingerprint density at radius 3 is 1.46 bits per heavy atom. The summed E-state index contributed by atoms with van der Waals surface area (Å²) in [6.45, 7) is 0.816. The van der Waals surface area contributed by atoms with Crippen molar-refractivity contribution in [1.29, 1.82) is 0 Å². The highest BCUT2D eigenvalue weighted by molar-refractivity contribution is 5.89. The summed E-state index contributed by atoms with van der Waals surface area (Å²) in [5.41, 5.74) is 14.5. The first kappa shape index (κ1) is 47.4. The van der Waals surface area contributed by atoms with E-state index in [1.165, 1.54) is 26.4 Å². The van der Waals surface area contributed by atoms with Crippen LogP contribution in [0.4, 0.5) is 11.4 Å². The number of benzene rings is 4. The molecule has 0 saturated carbocycles. The minimum absolute atomic E-state index is 0.00641. The smallest absolute Gasteiger partial charge is 0.330 e. The molecule has 0 bridgehead atoms. The van der Waals surface area contributed by atoms with Crippen molar-refractivity contribution in [3.05, 3.63) is 131 Å². The Morgan fingerprint density at radius 2 is 1.03 bits per heavy atom. The zero-order valence-corrected chi connectivity index (χ0v) is 35.1. The highest BCUT2D eigenvalue weighted by Crippen LogP contribution is 2.43. The standard InChI is InChI=1S/C49H58N2O10/c1-58-46(54)27-21-36-17-23-43(24-18-36)60-29-7-3-5-15-42(52)35-48(33-38-11-9-13-40(50)31-38,34-39-12-10-14-41(51)32-39)49(56,57)45(53)16-6-4-8-30-61-44-25-19-37(20-26-44)22-28-47(55)59-2/h9-14,17-28,31-32,56-57H,3-8,15-16,29-30,33-35,50-51H2,1-2H3. The molecule has 4 aromatic carbocycles. The number of esters is 2. The van der Waals surface area contributed by atoms with Crippen molar-refractivity contribution in [2.45, 2.75) is 76.4 Å². The molecule has 0 atom stereocenters. The summed E-state index contributed by atoms with van der Waals surface area (Å²) < 4.78 is 20.9. The van der Waals surface area contributed by atoms with Crippen LogP contribution >= 0.6 is 0 Å². The third-order valence-corrected chi connectivity index (χ3v) is 10.3. The monoisotopic (exact) mass is 834 g/mol. The number of anilines is 2. The van der Waals surface area contributed by atoms with Crippen LogP contribution in [-0.2, 0) is 41.5 Å². The highest BCUT2D eigenvalue weighted by atomic mass is 16.5. The number of carbonyl (C=O) groups excluding carboxylic acids is 4. The number of carbonyl (C=O) groups is 4. The Kier molecular flexibility index (Phi) is 18.8. The van der Waals surface area contributed by atoms with Crippen molar-refractivity contribution in [2.24, 2.45) is 5.41 Å². The van der Waals surface area contributed by atoms with E-state index in [2.05, 4.69) is 9.47 Å². The van der Waals surface area contributed by atoms with E-state index >= 15 is 0 Å². The number of rotatable bonds is 26. The predicted molar refractivity (Wildman–Crippen MR) is 236 cm³/mol. The molecule has 4 rings (SSSR count). The van der Waals surface area contributed by atoms with Gasteiger partial charge in [-0.05, 0) is 134 Å². The minimum Gasteiger partial charge on any atom is -0.494 e. The zero-order valence-electron chi connectivity index (χ0n) is 35.1. The van der Waals surface area contributed by atoms with Crippen molar-refractivity contribution in [2.75, 3.05) is 38.9 Å². The SMILES string of the molecule is COC(=O)C=Cc1ccc(OCCCCCC(=O)CC(Cc2cccc(N)c2)(Cc2cccc(N)c2)C(O)(O)C(=O)CCCCCOc2ccc(C=CC(=O)OC)cc2)cc1. The molecule has 0 unspecified atom stereocenters. The molecule has 0 aliphatic heterocycles. The number of hydrogen-bond acceptors (Lipinski definition) is 12. The lowest BCUT2D eigenvalue weighted by Gasteiger charge is -2.43. The third kappa shape index (κ3) is 15.7. The van der Waals surface area contributed by atoms with Crippen LogP contribution in [-0.4, -0.2) is 66.9 Å². The van der Waals surface area contributed by atoms with Crippen molar-refractivity contribution >= 4 is 47.0 Å². The number of ether oxygens (including phenoxy) is 4. The van der Waals surface area contributed by atoms with Crippen LogP contribution in [0.25, 0.3) is 12.2 Å². The summed E-state index contributed by atoms with van der Waals surface area (Å²) in [6, 6.07) is 28.5. The predicted octanol–water partition coefficient (Wildman–Crippen LogP) is 7.48. The van der Waals surface area contributed by atoms with E-state index < -0.39 is 28.9 Å². The van der Waals surface area contributed by atoms with Gasteiger partial charge in [0.05, 0.1) is 27.4 Å². The molecule has 6 N–H and O–H groups in total. The minimum atomic E-state index is -2.88. The second-order valence-electron chi connectivity index (χ2n) is 15.1. The molecule has 0 heterocycles. The largest absolute Gasteiger partial charge is 0.494 e. The van der Waals surface area contributed by atoms with Gasteiger partial charge in [-0.25, -0.2) is 9.59 Å². The molecule has 0 aromatic heterocycles. The van der Waals surface area contributed by atoms with Crippen molar-refractivity contribution in [3.8, 4) is 11.5 Å². The summed E-state index contributed by atoms with van der Waals surface area (Å²) in [5.74, 6) is -3.41. The van der Waals surface area contributed by atoms with Gasteiger partial charge in [-0.15, -0.1) is 0 Å². The first-order chi connectivity index (χ1) is 29.3. The number of hydrogen-bond donors (Lipinski definition) is 4. The first-order valence-corrected chi connectivity index (χ1v) is 20.5. The van der Waals surface area contributed by atoms with E-state index in [4.69, 9.17) is 20.9 Å². The van der Waals surface area contributed by atoms with Crippen LogP contribution < -0.4 is 20.9 Å². The van der Waals surface area contributed by atoms with Gasteiger partial charge in [0.15, 0.2) is 5.78 Å². The summed E-state index contributed by atoms with van der Waals surface area (Å²) in [7, 11) is 2.63. The fraction of sp³-hybridized carbons (Fsp3) is 0.347. The van der Waals surface area contributed by atoms with Crippen LogP contribution in [0.15, 0.2) is 109 Å². The van der Waals surface area contributed by atoms with Crippen molar-refractivity contribution in [1.82, 2.24) is 0 Å². The lowest BCUT2D eigenvalue weighted by Crippen LogP contribution is -2.57. The molecule has 324 valence electrons. The van der Waals surface area contributed by atoms with Crippen LogP contribution in [0.5, 0.6) is 11.5 Å². The van der Waals surface area contributed by atoms with Crippen LogP contribution in [0.3, 0.4) is 0 Å². The molecule has 12 heteroatoms. The van der Waals surface area contributed by atoms with Crippen molar-refractivity contribution in [3.63, 3.8) is 0 Å². The van der Waals surface area contributed by atoms with Gasteiger partial charge in [0.25, 0.3) is 0 Å². The summed E-state index contributed by atoms with van der Waals surface area (Å²) in [4.78, 5) is 50.6. The van der Waals surface area contributed by atoms with Gasteiger partial charge in [0.2, 0.25) is 5.79 Å². The maximum Gasteiger partial charge on any atom is 0.330 e. The molecule has 0 spiro atoms. The quantitative estimate of drug-likeness (QED) is 0.0160. The van der Waals surface area contributed by atoms with Gasteiger partial charge in [0, 0.05) is 48.2 Å². The summed E-state index contributed by atoms with van der Waals surface area (Å²) >= 11 is 0. The number of unbranched alkanes of at least 4 members (excludes halogenated alkanes) is 4. The van der Waals surface area contributed by atoms with Gasteiger partial charge in [-0.3, -0.25) is 9.59 Å². The third-order valence-electron chi connectivity index (χ3n) is 10.3. The molecule has 0 radical (unpaired) electrons. The van der Waals surface area contributed by atoms with Crippen LogP contribution in [0.2, 0.25) is 0 Å². The molecule has 0 aliphatic rings. The Bertz CT molecular complexity index is 2040. The number of nitrogen functional groups attached to an aromatic ring is 2. The van der Waals surface area contributed by atoms with E-state index in [0.29, 0.717) is 85.7 Å². The van der Waals surface area contributed by atoms with E-state index in [0.717, 1.165) is 11.1 Å². The molecule has 61 heavy (non-hydrogen) atoms. The first-order valence-electron chi connectivity index (χ1n) is 20.5. The average molecular weight is 835 g/mol.